The van der Waals surface area contributed by atoms with Gasteiger partial charge in [0, 0.05) is 0 Å². The van der Waals surface area contributed by atoms with E-state index in [1.807, 2.05) is 0 Å². The van der Waals surface area contributed by atoms with Gasteiger partial charge in [0.15, 0.2) is 0 Å². The van der Waals surface area contributed by atoms with Crippen molar-refractivity contribution in [2.24, 2.45) is 17.8 Å². The molecule has 0 spiro atoms. The van der Waals surface area contributed by atoms with Crippen LogP contribution in [-0.2, 0) is 0 Å². The summed E-state index contributed by atoms with van der Waals surface area (Å²) in [5, 5.41) is 0. The first kappa shape index (κ1) is 23.9. The molecule has 0 amide bonds. The molecule has 0 nitrogen and oxygen atoms in total. The summed E-state index contributed by atoms with van der Waals surface area (Å²) in [7, 11) is 0. The number of benzene rings is 1. The van der Waals surface area contributed by atoms with Gasteiger partial charge in [0.2, 0.25) is 0 Å². The van der Waals surface area contributed by atoms with Crippen molar-refractivity contribution in [3.05, 3.63) is 35.4 Å². The van der Waals surface area contributed by atoms with Gasteiger partial charge in [0.25, 0.3) is 0 Å². The van der Waals surface area contributed by atoms with Crippen molar-refractivity contribution in [1.82, 2.24) is 0 Å². The van der Waals surface area contributed by atoms with Gasteiger partial charge in [-0.1, -0.05) is 96.4 Å². The van der Waals surface area contributed by atoms with Gasteiger partial charge in [-0.25, -0.2) is 0 Å². The third-order valence-electron chi connectivity index (χ3n) is 8.72. The Bertz CT molecular complexity index is 546. The van der Waals surface area contributed by atoms with Crippen LogP contribution in [0.5, 0.6) is 0 Å². The van der Waals surface area contributed by atoms with E-state index in [1.165, 1.54) is 103 Å². The SMILES string of the molecule is CCCCC(CCCC)C1CCC(c2ccc(C3CCC(CCC)CC3)cc2)CC1. The Labute approximate surface area is 188 Å². The fourth-order valence-electron chi connectivity index (χ4n) is 6.71. The number of hydrogen-bond donors (Lipinski definition) is 0. The minimum atomic E-state index is 0.827. The summed E-state index contributed by atoms with van der Waals surface area (Å²) in [6.07, 6.45) is 23.0. The van der Waals surface area contributed by atoms with Gasteiger partial charge in [-0.3, -0.25) is 0 Å². The van der Waals surface area contributed by atoms with Crippen molar-refractivity contribution in [3.8, 4) is 0 Å². The van der Waals surface area contributed by atoms with Crippen molar-refractivity contribution >= 4 is 0 Å². The number of rotatable bonds is 11. The van der Waals surface area contributed by atoms with Crippen LogP contribution in [0.3, 0.4) is 0 Å². The van der Waals surface area contributed by atoms with Crippen LogP contribution < -0.4 is 0 Å². The first-order valence-corrected chi connectivity index (χ1v) is 13.8. The molecule has 0 N–H and O–H groups in total. The molecule has 2 fully saturated rings. The van der Waals surface area contributed by atoms with Crippen molar-refractivity contribution in [2.45, 2.75) is 135 Å². The lowest BCUT2D eigenvalue weighted by Crippen LogP contribution is -2.21. The third-order valence-corrected chi connectivity index (χ3v) is 8.72. The minimum Gasteiger partial charge on any atom is -0.0654 e. The van der Waals surface area contributed by atoms with E-state index in [-0.39, 0.29) is 0 Å². The third kappa shape index (κ3) is 6.86. The Morgan fingerprint density at radius 2 is 1.10 bits per heavy atom. The van der Waals surface area contributed by atoms with Crippen LogP contribution in [0.1, 0.15) is 146 Å². The van der Waals surface area contributed by atoms with Gasteiger partial charge in [-0.05, 0) is 92.1 Å². The Balaban J connectivity index is 1.48. The maximum absolute atomic E-state index is 2.50. The quantitative estimate of drug-likeness (QED) is 0.340. The Morgan fingerprint density at radius 3 is 1.53 bits per heavy atom. The molecule has 170 valence electrons. The lowest BCUT2D eigenvalue weighted by molar-refractivity contribution is 0.204. The highest BCUT2D eigenvalue weighted by Gasteiger charge is 2.28. The number of unbranched alkanes of at least 4 members (excludes halogenated alkanes) is 2. The summed E-state index contributed by atoms with van der Waals surface area (Å²) in [5.41, 5.74) is 3.26. The molecule has 2 saturated carbocycles. The lowest BCUT2D eigenvalue weighted by atomic mass is 9.71. The van der Waals surface area contributed by atoms with E-state index in [0.717, 1.165) is 29.6 Å². The average molecular weight is 411 g/mol. The zero-order chi connectivity index (χ0) is 21.2. The zero-order valence-corrected chi connectivity index (χ0v) is 20.5. The first-order valence-electron chi connectivity index (χ1n) is 13.8. The van der Waals surface area contributed by atoms with Crippen LogP contribution in [0, 0.1) is 17.8 Å². The Kier molecular flexibility index (Phi) is 10.3. The second-order valence-corrected chi connectivity index (χ2v) is 10.8. The van der Waals surface area contributed by atoms with Crippen molar-refractivity contribution in [3.63, 3.8) is 0 Å². The minimum absolute atomic E-state index is 0.827. The molecular formula is C30H50. The standard InChI is InChI=1S/C30H50/c1-4-7-10-25(11-8-5-2)27-16-18-29(19-17-27)30-22-20-28(21-23-30)26-14-12-24(9-6-3)13-15-26/h20-27,29H,4-19H2,1-3H3. The molecule has 0 heteroatoms. The normalized spacial score (nSPS) is 27.5. The van der Waals surface area contributed by atoms with Crippen molar-refractivity contribution in [2.75, 3.05) is 0 Å². The van der Waals surface area contributed by atoms with Gasteiger partial charge in [0.05, 0.1) is 0 Å². The van der Waals surface area contributed by atoms with Crippen LogP contribution in [0.2, 0.25) is 0 Å². The molecule has 0 unspecified atom stereocenters. The molecule has 3 rings (SSSR count). The van der Waals surface area contributed by atoms with Crippen LogP contribution in [0.15, 0.2) is 24.3 Å². The van der Waals surface area contributed by atoms with E-state index >= 15 is 0 Å². The summed E-state index contributed by atoms with van der Waals surface area (Å²) < 4.78 is 0. The molecule has 0 saturated heterocycles. The predicted octanol–water partition coefficient (Wildman–Crippen LogP) is 10.0. The molecule has 0 heterocycles. The van der Waals surface area contributed by atoms with Crippen LogP contribution in [-0.4, -0.2) is 0 Å². The van der Waals surface area contributed by atoms with Gasteiger partial charge in [-0.15, -0.1) is 0 Å². The van der Waals surface area contributed by atoms with Gasteiger partial charge >= 0.3 is 0 Å². The Morgan fingerprint density at radius 1 is 0.633 bits per heavy atom. The molecular weight excluding hydrogens is 360 g/mol. The first-order chi connectivity index (χ1) is 14.7. The molecule has 2 aliphatic carbocycles. The van der Waals surface area contributed by atoms with E-state index in [2.05, 4.69) is 45.0 Å². The largest absolute Gasteiger partial charge is 0.0654 e. The maximum atomic E-state index is 2.50. The van der Waals surface area contributed by atoms with E-state index in [4.69, 9.17) is 0 Å². The van der Waals surface area contributed by atoms with Gasteiger partial charge < -0.3 is 0 Å². The summed E-state index contributed by atoms with van der Waals surface area (Å²) in [5.74, 6) is 4.70. The second-order valence-electron chi connectivity index (χ2n) is 10.8. The fraction of sp³-hybridized carbons (Fsp3) is 0.800. The van der Waals surface area contributed by atoms with E-state index in [9.17, 15) is 0 Å². The molecule has 0 aromatic heterocycles. The monoisotopic (exact) mass is 410 g/mol. The fourth-order valence-corrected chi connectivity index (χ4v) is 6.71. The molecule has 1 aromatic rings. The highest BCUT2D eigenvalue weighted by Crippen LogP contribution is 2.42. The van der Waals surface area contributed by atoms with Crippen LogP contribution in [0.4, 0.5) is 0 Å². The molecule has 0 aliphatic heterocycles. The topological polar surface area (TPSA) is 0 Å². The molecule has 30 heavy (non-hydrogen) atoms. The van der Waals surface area contributed by atoms with Gasteiger partial charge in [0.1, 0.15) is 0 Å². The van der Waals surface area contributed by atoms with Gasteiger partial charge in [-0.2, -0.15) is 0 Å². The van der Waals surface area contributed by atoms with E-state index in [1.54, 1.807) is 11.1 Å². The highest BCUT2D eigenvalue weighted by molar-refractivity contribution is 5.28. The smallest absolute Gasteiger partial charge is 0.0162 e. The highest BCUT2D eigenvalue weighted by atomic mass is 14.3. The molecule has 0 atom stereocenters. The number of hydrogen-bond acceptors (Lipinski definition) is 0. The lowest BCUT2D eigenvalue weighted by Gasteiger charge is -2.34. The van der Waals surface area contributed by atoms with Crippen molar-refractivity contribution < 1.29 is 0 Å². The van der Waals surface area contributed by atoms with E-state index in [0.29, 0.717) is 0 Å². The van der Waals surface area contributed by atoms with Crippen LogP contribution in [0.25, 0.3) is 0 Å². The summed E-state index contributed by atoms with van der Waals surface area (Å²) in [6, 6.07) is 10.0. The van der Waals surface area contributed by atoms with Crippen molar-refractivity contribution in [1.29, 1.82) is 0 Å². The Hall–Kier alpha value is -0.780. The van der Waals surface area contributed by atoms with E-state index < -0.39 is 0 Å². The second kappa shape index (κ2) is 12.9. The summed E-state index contributed by atoms with van der Waals surface area (Å²) >= 11 is 0. The maximum Gasteiger partial charge on any atom is -0.0162 e. The zero-order valence-electron chi connectivity index (χ0n) is 20.5. The summed E-state index contributed by atoms with van der Waals surface area (Å²) in [4.78, 5) is 0. The average Bonchev–Trinajstić information content (AvgIpc) is 2.80. The molecule has 1 aromatic carbocycles. The van der Waals surface area contributed by atoms with Crippen LogP contribution >= 0.6 is 0 Å². The molecule has 2 aliphatic rings. The molecule has 0 bridgehead atoms. The molecule has 0 radical (unpaired) electrons. The predicted molar refractivity (Wildman–Crippen MR) is 133 cm³/mol. The summed E-state index contributed by atoms with van der Waals surface area (Å²) in [6.45, 7) is 7.05.